The fourth-order valence-corrected chi connectivity index (χ4v) is 3.29. The van der Waals surface area contributed by atoms with Crippen molar-refractivity contribution in [2.24, 2.45) is 16.7 Å². The Kier molecular flexibility index (Phi) is 6.31. The molecule has 0 saturated carbocycles. The maximum absolute atomic E-state index is 13.5. The number of anilines is 1. The molecule has 0 bridgehead atoms. The summed E-state index contributed by atoms with van der Waals surface area (Å²) in [7, 11) is 1.61. The summed E-state index contributed by atoms with van der Waals surface area (Å²) in [4.78, 5) is 18.8. The fourth-order valence-electron chi connectivity index (χ4n) is 3.29. The summed E-state index contributed by atoms with van der Waals surface area (Å²) in [6.45, 7) is 5.18. The third-order valence-electron chi connectivity index (χ3n) is 5.00. The van der Waals surface area contributed by atoms with E-state index in [1.165, 1.54) is 22.8 Å². The molecule has 30 heavy (non-hydrogen) atoms. The number of hydrazine groups is 1. The summed E-state index contributed by atoms with van der Waals surface area (Å²) >= 11 is 0. The van der Waals surface area contributed by atoms with E-state index in [4.69, 9.17) is 11.6 Å². The average molecular weight is 411 g/mol. The second-order valence-electron chi connectivity index (χ2n) is 7.31. The van der Waals surface area contributed by atoms with Crippen LogP contribution in [0.25, 0.3) is 5.57 Å². The number of amides is 1. The van der Waals surface area contributed by atoms with Crippen molar-refractivity contribution in [3.05, 3.63) is 64.6 Å². The number of hydrogen-bond acceptors (Lipinski definition) is 5. The van der Waals surface area contributed by atoms with Crippen LogP contribution in [-0.4, -0.2) is 47.0 Å². The quantitative estimate of drug-likeness (QED) is 0.308. The average Bonchev–Trinajstić information content (AvgIpc) is 2.70. The van der Waals surface area contributed by atoms with E-state index in [9.17, 15) is 9.18 Å². The zero-order valence-electron chi connectivity index (χ0n) is 17.3. The molecule has 0 fully saturated rings. The van der Waals surface area contributed by atoms with Gasteiger partial charge in [-0.15, -0.1) is 5.10 Å². The van der Waals surface area contributed by atoms with E-state index >= 15 is 0 Å². The molecule has 3 rings (SSSR count). The maximum atomic E-state index is 13.5. The second-order valence-corrected chi connectivity index (χ2v) is 7.31. The van der Waals surface area contributed by atoms with Gasteiger partial charge in [0, 0.05) is 31.9 Å². The van der Waals surface area contributed by atoms with Gasteiger partial charge in [0.25, 0.3) is 5.91 Å². The van der Waals surface area contributed by atoms with Gasteiger partial charge in [-0.3, -0.25) is 4.79 Å². The molecule has 5 N–H and O–H groups in total. The Morgan fingerprint density at radius 2 is 2.07 bits per heavy atom. The summed E-state index contributed by atoms with van der Waals surface area (Å²) in [6.07, 6.45) is 2.55. The summed E-state index contributed by atoms with van der Waals surface area (Å²) in [6, 6.07) is 7.74. The van der Waals surface area contributed by atoms with E-state index in [2.05, 4.69) is 22.3 Å². The first-order valence-corrected chi connectivity index (χ1v) is 9.54. The molecule has 1 aromatic carbocycles. The molecule has 1 aliphatic rings. The topological polar surface area (TPSA) is 113 Å². The zero-order valence-corrected chi connectivity index (χ0v) is 17.3. The Labute approximate surface area is 175 Å². The van der Waals surface area contributed by atoms with Crippen LogP contribution in [0.2, 0.25) is 0 Å². The highest BCUT2D eigenvalue weighted by atomic mass is 19.1. The first-order valence-electron chi connectivity index (χ1n) is 9.54. The lowest BCUT2D eigenvalue weighted by Crippen LogP contribution is -2.43. The number of rotatable bonds is 4. The van der Waals surface area contributed by atoms with Crippen LogP contribution in [0, 0.1) is 12.7 Å². The first-order chi connectivity index (χ1) is 14.2. The number of halogens is 1. The SMILES string of the molecule is CC1=C(c2ccc(NC(=O)c3cc(F)ccc3C)nc2)CN(/C(N)=N/N(C)N)CC1. The summed E-state index contributed by atoms with van der Waals surface area (Å²) in [5.41, 5.74) is 10.3. The number of hydrogen-bond donors (Lipinski definition) is 3. The van der Waals surface area contributed by atoms with Crippen LogP contribution in [0.1, 0.15) is 34.8 Å². The number of guanidine groups is 1. The molecular weight excluding hydrogens is 385 g/mol. The van der Waals surface area contributed by atoms with E-state index in [1.54, 1.807) is 32.3 Å². The van der Waals surface area contributed by atoms with Crippen LogP contribution >= 0.6 is 0 Å². The summed E-state index contributed by atoms with van der Waals surface area (Å²) in [5, 5.41) is 7.96. The molecule has 1 aromatic heterocycles. The van der Waals surface area contributed by atoms with Gasteiger partial charge >= 0.3 is 0 Å². The number of aromatic nitrogens is 1. The lowest BCUT2D eigenvalue weighted by atomic mass is 9.96. The molecule has 0 saturated heterocycles. The van der Waals surface area contributed by atoms with Crippen molar-refractivity contribution in [3.63, 3.8) is 0 Å². The molecule has 2 aromatic rings. The smallest absolute Gasteiger partial charge is 0.257 e. The zero-order chi connectivity index (χ0) is 21.8. The van der Waals surface area contributed by atoms with Gasteiger partial charge in [0.1, 0.15) is 11.6 Å². The first kappa shape index (κ1) is 21.3. The second kappa shape index (κ2) is 8.91. The fraction of sp³-hybridized carbons (Fsp3) is 0.286. The number of pyridine rings is 1. The van der Waals surface area contributed by atoms with E-state index in [0.717, 1.165) is 24.1 Å². The van der Waals surface area contributed by atoms with Crippen molar-refractivity contribution < 1.29 is 9.18 Å². The van der Waals surface area contributed by atoms with E-state index in [0.29, 0.717) is 23.9 Å². The van der Waals surface area contributed by atoms with Crippen LogP contribution in [-0.2, 0) is 0 Å². The minimum atomic E-state index is -0.457. The van der Waals surface area contributed by atoms with Crippen molar-refractivity contribution >= 4 is 23.3 Å². The number of benzene rings is 1. The Hall–Kier alpha value is -3.46. The van der Waals surface area contributed by atoms with E-state index in [1.807, 2.05) is 11.0 Å². The van der Waals surface area contributed by atoms with Crippen molar-refractivity contribution in [3.8, 4) is 0 Å². The van der Waals surface area contributed by atoms with Crippen molar-refractivity contribution in [1.29, 1.82) is 0 Å². The number of nitrogens with two attached hydrogens (primary N) is 2. The molecule has 2 heterocycles. The van der Waals surface area contributed by atoms with Crippen LogP contribution < -0.4 is 16.9 Å². The number of hydrazone groups is 1. The molecule has 0 radical (unpaired) electrons. The van der Waals surface area contributed by atoms with Crippen LogP contribution in [0.3, 0.4) is 0 Å². The number of nitrogens with one attached hydrogen (secondary N) is 1. The standard InChI is InChI=1S/C21H26FN7O/c1-13-4-6-16(22)10-17(13)20(30)26-19-7-5-15(11-25-19)18-12-29(9-8-14(18)2)21(23)27-28(3)24/h4-7,10-11H,8-9,12,24H2,1-3H3,(H2,23,27)(H,25,26,30). The minimum Gasteiger partial charge on any atom is -0.368 e. The minimum absolute atomic E-state index is 0.280. The Balaban J connectivity index is 1.75. The van der Waals surface area contributed by atoms with Gasteiger partial charge in [0.2, 0.25) is 5.96 Å². The summed E-state index contributed by atoms with van der Waals surface area (Å²) in [5.74, 6) is 5.44. The molecule has 158 valence electrons. The monoisotopic (exact) mass is 411 g/mol. The van der Waals surface area contributed by atoms with Crippen molar-refractivity contribution in [2.75, 3.05) is 25.5 Å². The highest BCUT2D eigenvalue weighted by molar-refractivity contribution is 6.04. The largest absolute Gasteiger partial charge is 0.368 e. The highest BCUT2D eigenvalue weighted by Gasteiger charge is 2.20. The molecule has 8 nitrogen and oxygen atoms in total. The third kappa shape index (κ3) is 4.93. The van der Waals surface area contributed by atoms with Crippen LogP contribution in [0.4, 0.5) is 10.2 Å². The summed E-state index contributed by atoms with van der Waals surface area (Å²) < 4.78 is 13.5. The molecule has 0 spiro atoms. The van der Waals surface area contributed by atoms with Gasteiger partial charge in [0.05, 0.1) is 0 Å². The van der Waals surface area contributed by atoms with Gasteiger partial charge in [-0.1, -0.05) is 11.6 Å². The molecule has 0 unspecified atom stereocenters. The van der Waals surface area contributed by atoms with Crippen molar-refractivity contribution in [2.45, 2.75) is 20.3 Å². The highest BCUT2D eigenvalue weighted by Crippen LogP contribution is 2.26. The lowest BCUT2D eigenvalue weighted by Gasteiger charge is -2.31. The number of nitrogens with zero attached hydrogens (tertiary/aromatic N) is 4. The number of aryl methyl sites for hydroxylation is 1. The predicted octanol–water partition coefficient (Wildman–Crippen LogP) is 2.30. The predicted molar refractivity (Wildman–Crippen MR) is 116 cm³/mol. The van der Waals surface area contributed by atoms with Gasteiger partial charge in [-0.05, 0) is 61.2 Å². The Morgan fingerprint density at radius 1 is 1.30 bits per heavy atom. The molecule has 9 heteroatoms. The van der Waals surface area contributed by atoms with Gasteiger partial charge in [-0.2, -0.15) is 0 Å². The maximum Gasteiger partial charge on any atom is 0.257 e. The number of carbonyl (C=O) groups excluding carboxylic acids is 1. The van der Waals surface area contributed by atoms with Crippen LogP contribution in [0.15, 0.2) is 47.2 Å². The number of carbonyl (C=O) groups is 1. The molecular formula is C21H26FN7O. The normalized spacial score (nSPS) is 14.7. The van der Waals surface area contributed by atoms with Crippen LogP contribution in [0.5, 0.6) is 0 Å². The third-order valence-corrected chi connectivity index (χ3v) is 5.00. The molecule has 0 atom stereocenters. The Morgan fingerprint density at radius 3 is 2.73 bits per heavy atom. The molecule has 0 aliphatic carbocycles. The Bertz CT molecular complexity index is 999. The van der Waals surface area contributed by atoms with E-state index < -0.39 is 11.7 Å². The molecule has 1 amide bonds. The molecule has 1 aliphatic heterocycles. The van der Waals surface area contributed by atoms with Gasteiger partial charge in [0.15, 0.2) is 0 Å². The lowest BCUT2D eigenvalue weighted by molar-refractivity contribution is 0.102. The van der Waals surface area contributed by atoms with Gasteiger partial charge < -0.3 is 16.0 Å². The van der Waals surface area contributed by atoms with Crippen molar-refractivity contribution in [1.82, 2.24) is 15.0 Å². The van der Waals surface area contributed by atoms with E-state index in [-0.39, 0.29) is 5.56 Å². The van der Waals surface area contributed by atoms with Gasteiger partial charge in [-0.25, -0.2) is 20.3 Å².